The molecule has 1 heterocycles. The quantitative estimate of drug-likeness (QED) is 0.829. The Hall–Kier alpha value is -0.890. The van der Waals surface area contributed by atoms with Gasteiger partial charge >= 0.3 is 10.4 Å². The van der Waals surface area contributed by atoms with E-state index in [1.54, 1.807) is 31.4 Å². The van der Waals surface area contributed by atoms with Crippen LogP contribution in [0.15, 0.2) is 34.2 Å². The highest BCUT2D eigenvalue weighted by Gasteiger charge is 2.37. The Morgan fingerprint density at radius 3 is 2.62 bits per heavy atom. The van der Waals surface area contributed by atoms with E-state index in [1.165, 1.54) is 0 Å². The number of rotatable bonds is 2. The van der Waals surface area contributed by atoms with Gasteiger partial charge in [0.1, 0.15) is 0 Å². The van der Waals surface area contributed by atoms with E-state index in [9.17, 15) is 8.42 Å². The third-order valence-corrected chi connectivity index (χ3v) is 6.53. The number of nitrogens with zero attached hydrogens (tertiary/aromatic N) is 1. The van der Waals surface area contributed by atoms with Crippen LogP contribution in [0.25, 0.3) is 0 Å². The molecule has 0 spiro atoms. The molecule has 2 rings (SSSR count). The summed E-state index contributed by atoms with van der Waals surface area (Å²) in [4.78, 5) is 4.96. The lowest BCUT2D eigenvalue weighted by Gasteiger charge is -2.29. The standard InChI is InChI=1S/C9H11NO4S2/c1-7-10-8-5-3-4-6-9(8)15(7,2)14-16(11,12)13/h3-6H,1-2H3,(H,11,12,13). The number of benzene rings is 1. The van der Waals surface area contributed by atoms with E-state index in [-0.39, 0.29) is 0 Å². The molecule has 0 fully saturated rings. The van der Waals surface area contributed by atoms with Crippen molar-refractivity contribution in [1.82, 2.24) is 0 Å². The summed E-state index contributed by atoms with van der Waals surface area (Å²) in [7, 11) is -6.67. The summed E-state index contributed by atoms with van der Waals surface area (Å²) in [5, 5.41) is 0.575. The van der Waals surface area contributed by atoms with Gasteiger partial charge < -0.3 is 0 Å². The molecule has 1 aromatic carbocycles. The molecule has 1 unspecified atom stereocenters. The van der Waals surface area contributed by atoms with Gasteiger partial charge in [-0.25, -0.2) is 4.99 Å². The summed E-state index contributed by atoms with van der Waals surface area (Å²) in [5.74, 6) is 0. The zero-order valence-electron chi connectivity index (χ0n) is 8.75. The Morgan fingerprint density at radius 1 is 1.38 bits per heavy atom. The third-order valence-electron chi connectivity index (χ3n) is 2.35. The zero-order valence-corrected chi connectivity index (χ0v) is 10.4. The van der Waals surface area contributed by atoms with Crippen LogP contribution in [-0.4, -0.2) is 24.3 Å². The van der Waals surface area contributed by atoms with E-state index in [1.807, 2.05) is 6.07 Å². The van der Waals surface area contributed by atoms with Gasteiger partial charge in [-0.1, -0.05) is 12.1 Å². The molecule has 1 aliphatic heterocycles. The van der Waals surface area contributed by atoms with Crippen molar-refractivity contribution in [3.05, 3.63) is 24.3 Å². The van der Waals surface area contributed by atoms with Gasteiger partial charge in [-0.2, -0.15) is 12.0 Å². The first-order valence-corrected chi connectivity index (χ1v) is 7.77. The van der Waals surface area contributed by atoms with Gasteiger partial charge in [0, 0.05) is 4.90 Å². The summed E-state index contributed by atoms with van der Waals surface area (Å²) in [6.45, 7) is 1.69. The van der Waals surface area contributed by atoms with Crippen LogP contribution in [0.3, 0.4) is 0 Å². The van der Waals surface area contributed by atoms with Gasteiger partial charge in [0.05, 0.1) is 10.7 Å². The number of aliphatic imine (C=N–C) groups is 1. The first-order chi connectivity index (χ1) is 7.33. The van der Waals surface area contributed by atoms with Crippen molar-refractivity contribution in [2.24, 2.45) is 4.99 Å². The van der Waals surface area contributed by atoms with Crippen molar-refractivity contribution >= 4 is 31.4 Å². The van der Waals surface area contributed by atoms with Crippen LogP contribution in [0.1, 0.15) is 6.92 Å². The minimum atomic E-state index is -4.49. The van der Waals surface area contributed by atoms with Gasteiger partial charge in [0.15, 0.2) is 0 Å². The maximum absolute atomic E-state index is 10.8. The molecule has 0 aromatic heterocycles. The molecule has 1 N–H and O–H groups in total. The molecule has 0 saturated heterocycles. The highest BCUT2D eigenvalue weighted by atomic mass is 32.3. The Kier molecular flexibility index (Phi) is 2.58. The van der Waals surface area contributed by atoms with Crippen LogP contribution in [0.5, 0.6) is 0 Å². The second-order valence-electron chi connectivity index (χ2n) is 3.44. The molecule has 0 aliphatic carbocycles. The third kappa shape index (κ3) is 1.86. The minimum Gasteiger partial charge on any atom is -0.263 e. The molecule has 1 aliphatic rings. The van der Waals surface area contributed by atoms with Gasteiger partial charge in [0.25, 0.3) is 0 Å². The van der Waals surface area contributed by atoms with E-state index in [0.717, 1.165) is 0 Å². The summed E-state index contributed by atoms with van der Waals surface area (Å²) in [6.07, 6.45) is 1.64. The van der Waals surface area contributed by atoms with Crippen molar-refractivity contribution in [2.75, 3.05) is 6.26 Å². The second-order valence-corrected chi connectivity index (χ2v) is 7.56. The monoisotopic (exact) mass is 261 g/mol. The molecular formula is C9H11NO4S2. The van der Waals surface area contributed by atoms with Gasteiger partial charge in [-0.15, -0.1) is 0 Å². The maximum Gasteiger partial charge on any atom is 0.407 e. The largest absolute Gasteiger partial charge is 0.407 e. The fraction of sp³-hybridized carbons (Fsp3) is 0.222. The Morgan fingerprint density at radius 2 is 2.00 bits per heavy atom. The molecule has 1 aromatic rings. The van der Waals surface area contributed by atoms with Crippen LogP contribution in [0.4, 0.5) is 5.69 Å². The lowest BCUT2D eigenvalue weighted by atomic mass is 10.3. The van der Waals surface area contributed by atoms with E-state index in [0.29, 0.717) is 15.6 Å². The van der Waals surface area contributed by atoms with Crippen molar-refractivity contribution in [1.29, 1.82) is 0 Å². The molecule has 88 valence electrons. The summed E-state index contributed by atoms with van der Waals surface area (Å²) in [6, 6.07) is 7.14. The molecule has 16 heavy (non-hydrogen) atoms. The van der Waals surface area contributed by atoms with Gasteiger partial charge in [-0.05, 0) is 35.6 Å². The number of para-hydroxylation sites is 1. The van der Waals surface area contributed by atoms with Crippen LogP contribution in [0.2, 0.25) is 0 Å². The first kappa shape index (κ1) is 11.6. The highest BCUT2D eigenvalue weighted by Crippen LogP contribution is 2.63. The molecule has 0 saturated carbocycles. The predicted molar refractivity (Wildman–Crippen MR) is 63.6 cm³/mol. The van der Waals surface area contributed by atoms with Crippen molar-refractivity contribution in [3.63, 3.8) is 0 Å². The average molecular weight is 261 g/mol. The Bertz CT molecular complexity index is 567. The Balaban J connectivity index is 2.55. The fourth-order valence-electron chi connectivity index (χ4n) is 1.55. The van der Waals surface area contributed by atoms with Gasteiger partial charge in [-0.3, -0.25) is 4.55 Å². The fourth-order valence-corrected chi connectivity index (χ4v) is 5.06. The molecule has 0 amide bonds. The van der Waals surface area contributed by atoms with E-state index in [4.69, 9.17) is 8.18 Å². The van der Waals surface area contributed by atoms with Crippen molar-refractivity contribution < 1.29 is 16.6 Å². The molecule has 1 atom stereocenters. The summed E-state index contributed by atoms with van der Waals surface area (Å²) >= 11 is 0. The zero-order chi connectivity index (χ0) is 12.0. The predicted octanol–water partition coefficient (Wildman–Crippen LogP) is 2.28. The van der Waals surface area contributed by atoms with Crippen LogP contribution < -0.4 is 0 Å². The van der Waals surface area contributed by atoms with Gasteiger partial charge in [0.2, 0.25) is 0 Å². The molecule has 5 nitrogen and oxygen atoms in total. The number of fused-ring (bicyclic) bond motifs is 1. The Labute approximate surface area is 95.6 Å². The lowest BCUT2D eigenvalue weighted by Crippen LogP contribution is -2.13. The molecular weight excluding hydrogens is 250 g/mol. The molecule has 0 radical (unpaired) electrons. The topological polar surface area (TPSA) is 76.0 Å². The smallest absolute Gasteiger partial charge is 0.263 e. The van der Waals surface area contributed by atoms with Crippen molar-refractivity contribution in [2.45, 2.75) is 11.8 Å². The number of hydrogen-bond acceptors (Lipinski definition) is 4. The lowest BCUT2D eigenvalue weighted by molar-refractivity contribution is 0.404. The molecule has 7 heteroatoms. The normalized spacial score (nSPS) is 28.1. The van der Waals surface area contributed by atoms with E-state index >= 15 is 0 Å². The van der Waals surface area contributed by atoms with Crippen LogP contribution in [-0.2, 0) is 14.0 Å². The van der Waals surface area contributed by atoms with E-state index in [2.05, 4.69) is 4.99 Å². The van der Waals surface area contributed by atoms with Crippen molar-refractivity contribution in [3.8, 4) is 0 Å². The van der Waals surface area contributed by atoms with Crippen LogP contribution >= 0.6 is 10.3 Å². The summed E-state index contributed by atoms with van der Waals surface area (Å²) in [5.41, 5.74) is 0.696. The maximum atomic E-state index is 10.8. The van der Waals surface area contributed by atoms with E-state index < -0.39 is 20.7 Å². The molecule has 0 bridgehead atoms. The SMILES string of the molecule is CC1=Nc2ccccc2S1(C)OS(=O)(=O)O. The highest BCUT2D eigenvalue weighted by molar-refractivity contribution is 8.43. The second kappa shape index (κ2) is 3.56. The minimum absolute atomic E-state index is 0.575. The number of hydrogen-bond donors (Lipinski definition) is 1. The first-order valence-electron chi connectivity index (χ1n) is 4.44. The van der Waals surface area contributed by atoms with Crippen LogP contribution in [0, 0.1) is 0 Å². The average Bonchev–Trinajstić information content (AvgIpc) is 2.37. The summed E-state index contributed by atoms with van der Waals surface area (Å²) < 4.78 is 35.3.